The Morgan fingerprint density at radius 3 is 2.62 bits per heavy atom. The summed E-state index contributed by atoms with van der Waals surface area (Å²) in [6, 6.07) is 3.07. The zero-order chi connectivity index (χ0) is 15.8. The summed E-state index contributed by atoms with van der Waals surface area (Å²) < 4.78 is 31.0. The Labute approximate surface area is 122 Å². The van der Waals surface area contributed by atoms with Crippen LogP contribution in [0.25, 0.3) is 0 Å². The fourth-order valence-corrected chi connectivity index (χ4v) is 4.14. The Bertz CT molecular complexity index is 657. The number of aliphatic hydroxyl groups excluding tert-OH is 1. The molecule has 21 heavy (non-hydrogen) atoms. The van der Waals surface area contributed by atoms with E-state index in [1.165, 1.54) is 25.3 Å². The standard InChI is InChI=1S/C13H17NO6S/c1-8-5-10(3-4-12(8)20-2)21(18,19)14-7-9(15)6-11(14)13(16)17/h3-5,9,11,15H,6-7H2,1-2H3,(H,16,17)/t9-,11+/m1/s1. The van der Waals surface area contributed by atoms with Crippen molar-refractivity contribution in [2.24, 2.45) is 0 Å². The van der Waals surface area contributed by atoms with E-state index in [0.29, 0.717) is 11.3 Å². The molecule has 2 rings (SSSR count). The van der Waals surface area contributed by atoms with Gasteiger partial charge in [0, 0.05) is 13.0 Å². The number of aliphatic carboxylic acids is 1. The summed E-state index contributed by atoms with van der Waals surface area (Å²) in [4.78, 5) is 11.2. The monoisotopic (exact) mass is 315 g/mol. The molecule has 0 saturated carbocycles. The minimum atomic E-state index is -3.98. The van der Waals surface area contributed by atoms with Gasteiger partial charge < -0.3 is 14.9 Å². The summed E-state index contributed by atoms with van der Waals surface area (Å²) in [6.45, 7) is 1.48. The predicted molar refractivity (Wildman–Crippen MR) is 73.7 cm³/mol. The topological polar surface area (TPSA) is 104 Å². The molecule has 2 atom stereocenters. The number of rotatable bonds is 4. The third-order valence-corrected chi connectivity index (χ3v) is 5.36. The number of aryl methyl sites for hydroxylation is 1. The SMILES string of the molecule is COc1ccc(S(=O)(=O)N2C[C@H](O)C[C@H]2C(=O)O)cc1C. The molecule has 116 valence electrons. The van der Waals surface area contributed by atoms with Crippen LogP contribution in [0.5, 0.6) is 5.75 Å². The summed E-state index contributed by atoms with van der Waals surface area (Å²) >= 11 is 0. The number of carboxylic acids is 1. The van der Waals surface area contributed by atoms with Crippen molar-refractivity contribution in [3.8, 4) is 5.75 Å². The third kappa shape index (κ3) is 2.87. The highest BCUT2D eigenvalue weighted by Gasteiger charge is 2.43. The maximum absolute atomic E-state index is 12.6. The van der Waals surface area contributed by atoms with Gasteiger partial charge >= 0.3 is 5.97 Å². The summed E-state index contributed by atoms with van der Waals surface area (Å²) in [5, 5.41) is 18.7. The molecule has 0 aliphatic carbocycles. The number of hydrogen-bond acceptors (Lipinski definition) is 5. The highest BCUT2D eigenvalue weighted by atomic mass is 32.2. The molecule has 0 amide bonds. The van der Waals surface area contributed by atoms with Crippen molar-refractivity contribution in [3.05, 3.63) is 23.8 Å². The van der Waals surface area contributed by atoms with Crippen molar-refractivity contribution >= 4 is 16.0 Å². The predicted octanol–water partition coefficient (Wildman–Crippen LogP) is 0.212. The molecular weight excluding hydrogens is 298 g/mol. The number of carbonyl (C=O) groups is 1. The van der Waals surface area contributed by atoms with Crippen LogP contribution in [0.4, 0.5) is 0 Å². The molecule has 1 fully saturated rings. The molecule has 0 unspecified atom stereocenters. The van der Waals surface area contributed by atoms with Gasteiger partial charge in [-0.1, -0.05) is 0 Å². The molecule has 2 N–H and O–H groups in total. The first-order valence-electron chi connectivity index (χ1n) is 6.34. The highest BCUT2D eigenvalue weighted by Crippen LogP contribution is 2.29. The van der Waals surface area contributed by atoms with E-state index < -0.39 is 28.1 Å². The second-order valence-corrected chi connectivity index (χ2v) is 6.84. The fourth-order valence-electron chi connectivity index (χ4n) is 2.42. The lowest BCUT2D eigenvalue weighted by Crippen LogP contribution is -2.40. The zero-order valence-corrected chi connectivity index (χ0v) is 12.5. The molecular formula is C13H17NO6S. The maximum Gasteiger partial charge on any atom is 0.322 e. The first kappa shape index (κ1) is 15.7. The Kier molecular flexibility index (Phi) is 4.22. The van der Waals surface area contributed by atoms with Gasteiger partial charge in [0.1, 0.15) is 11.8 Å². The lowest BCUT2D eigenvalue weighted by atomic mass is 10.2. The summed E-state index contributed by atoms with van der Waals surface area (Å²) in [7, 11) is -2.50. The van der Waals surface area contributed by atoms with E-state index in [0.717, 1.165) is 4.31 Å². The molecule has 0 radical (unpaired) electrons. The summed E-state index contributed by atoms with van der Waals surface area (Å²) in [5.41, 5.74) is 0.630. The van der Waals surface area contributed by atoms with E-state index in [1.54, 1.807) is 6.92 Å². The number of nitrogens with zero attached hydrogens (tertiary/aromatic N) is 1. The second kappa shape index (κ2) is 5.63. The van der Waals surface area contributed by atoms with E-state index in [9.17, 15) is 18.3 Å². The van der Waals surface area contributed by atoms with Crippen molar-refractivity contribution in [2.45, 2.75) is 30.4 Å². The van der Waals surface area contributed by atoms with Crippen LogP contribution in [0.15, 0.2) is 23.1 Å². The van der Waals surface area contributed by atoms with Crippen molar-refractivity contribution in [2.75, 3.05) is 13.7 Å². The van der Waals surface area contributed by atoms with Crippen LogP contribution >= 0.6 is 0 Å². The van der Waals surface area contributed by atoms with Crippen LogP contribution in [0.1, 0.15) is 12.0 Å². The molecule has 1 aromatic carbocycles. The number of carboxylic acid groups (broad SMARTS) is 1. The van der Waals surface area contributed by atoms with Gasteiger partial charge in [-0.3, -0.25) is 4.79 Å². The van der Waals surface area contributed by atoms with E-state index in [2.05, 4.69) is 0 Å². The largest absolute Gasteiger partial charge is 0.496 e. The van der Waals surface area contributed by atoms with Crippen molar-refractivity contribution in [1.82, 2.24) is 4.31 Å². The Morgan fingerprint density at radius 1 is 1.43 bits per heavy atom. The van der Waals surface area contributed by atoms with Crippen LogP contribution in [0, 0.1) is 6.92 Å². The average molecular weight is 315 g/mol. The molecule has 0 spiro atoms. The van der Waals surface area contributed by atoms with Gasteiger partial charge in [-0.15, -0.1) is 0 Å². The minimum Gasteiger partial charge on any atom is -0.496 e. The number of ether oxygens (including phenoxy) is 1. The molecule has 1 heterocycles. The van der Waals surface area contributed by atoms with Gasteiger partial charge in [-0.25, -0.2) is 8.42 Å². The van der Waals surface area contributed by atoms with E-state index in [-0.39, 0.29) is 17.9 Å². The van der Waals surface area contributed by atoms with Crippen LogP contribution in [-0.4, -0.2) is 54.7 Å². The van der Waals surface area contributed by atoms with Crippen LogP contribution in [0.2, 0.25) is 0 Å². The lowest BCUT2D eigenvalue weighted by molar-refractivity contribution is -0.140. The first-order valence-corrected chi connectivity index (χ1v) is 7.78. The van der Waals surface area contributed by atoms with E-state index in [4.69, 9.17) is 9.84 Å². The normalized spacial score (nSPS) is 23.2. The molecule has 1 aliphatic rings. The maximum atomic E-state index is 12.6. The van der Waals surface area contributed by atoms with Crippen molar-refractivity contribution in [3.63, 3.8) is 0 Å². The quantitative estimate of drug-likeness (QED) is 0.823. The molecule has 0 bridgehead atoms. The number of aliphatic hydroxyl groups is 1. The Balaban J connectivity index is 2.42. The van der Waals surface area contributed by atoms with Gasteiger partial charge in [-0.2, -0.15) is 4.31 Å². The molecule has 7 nitrogen and oxygen atoms in total. The van der Waals surface area contributed by atoms with Crippen molar-refractivity contribution in [1.29, 1.82) is 0 Å². The van der Waals surface area contributed by atoms with Gasteiger partial charge in [0.25, 0.3) is 0 Å². The number of sulfonamides is 1. The minimum absolute atomic E-state index is 0.0128. The third-order valence-electron chi connectivity index (χ3n) is 3.49. The number of benzene rings is 1. The van der Waals surface area contributed by atoms with Crippen LogP contribution in [-0.2, 0) is 14.8 Å². The van der Waals surface area contributed by atoms with Crippen LogP contribution in [0.3, 0.4) is 0 Å². The zero-order valence-electron chi connectivity index (χ0n) is 11.7. The molecule has 1 aliphatic heterocycles. The van der Waals surface area contributed by atoms with E-state index >= 15 is 0 Å². The molecule has 1 saturated heterocycles. The first-order chi connectivity index (χ1) is 9.77. The number of β-amino-alcohol motifs (C(OH)–C–C–N with tert-alkyl or cyclic N) is 1. The van der Waals surface area contributed by atoms with Gasteiger partial charge in [0.15, 0.2) is 0 Å². The smallest absolute Gasteiger partial charge is 0.322 e. The molecule has 1 aromatic rings. The highest BCUT2D eigenvalue weighted by molar-refractivity contribution is 7.89. The van der Waals surface area contributed by atoms with Gasteiger partial charge in [0.2, 0.25) is 10.0 Å². The molecule has 8 heteroatoms. The number of hydrogen-bond donors (Lipinski definition) is 2. The average Bonchev–Trinajstić information content (AvgIpc) is 2.81. The van der Waals surface area contributed by atoms with Crippen molar-refractivity contribution < 1.29 is 28.2 Å². The van der Waals surface area contributed by atoms with Gasteiger partial charge in [0.05, 0.1) is 18.1 Å². The second-order valence-electron chi connectivity index (χ2n) is 4.95. The summed E-state index contributed by atoms with van der Waals surface area (Å²) in [5.74, 6) is -0.717. The fraction of sp³-hybridized carbons (Fsp3) is 0.462. The van der Waals surface area contributed by atoms with Crippen LogP contribution < -0.4 is 4.74 Å². The Hall–Kier alpha value is -1.64. The van der Waals surface area contributed by atoms with Gasteiger partial charge in [-0.05, 0) is 30.7 Å². The lowest BCUT2D eigenvalue weighted by Gasteiger charge is -2.21. The Morgan fingerprint density at radius 2 is 2.10 bits per heavy atom. The molecule has 0 aromatic heterocycles. The van der Waals surface area contributed by atoms with E-state index in [1.807, 2.05) is 0 Å². The number of methoxy groups -OCH3 is 1. The summed E-state index contributed by atoms with van der Waals surface area (Å²) in [6.07, 6.45) is -1.08.